The molecule has 0 aromatic heterocycles. The number of methoxy groups -OCH3 is 2. The normalized spacial score (nSPS) is 24.1. The molecule has 0 amide bonds. The third-order valence-electron chi connectivity index (χ3n) is 2.92. The number of aliphatic hydroxyl groups excluding tert-OH is 1. The molecule has 0 saturated heterocycles. The van der Waals surface area contributed by atoms with Gasteiger partial charge < -0.3 is 14.6 Å². The molecule has 0 heterocycles. The van der Waals surface area contributed by atoms with E-state index in [-0.39, 0.29) is 12.2 Å². The topological polar surface area (TPSA) is 55.8 Å². The zero-order valence-corrected chi connectivity index (χ0v) is 9.27. The van der Waals surface area contributed by atoms with Gasteiger partial charge in [-0.3, -0.25) is 4.79 Å². The quantitative estimate of drug-likeness (QED) is 0.820. The summed E-state index contributed by atoms with van der Waals surface area (Å²) >= 11 is 0. The fourth-order valence-electron chi connectivity index (χ4n) is 2.07. The van der Waals surface area contributed by atoms with E-state index >= 15 is 0 Å². The zero-order chi connectivity index (χ0) is 11.7. The van der Waals surface area contributed by atoms with Gasteiger partial charge in [-0.05, 0) is 11.6 Å². The van der Waals surface area contributed by atoms with Crippen LogP contribution in [-0.2, 0) is 4.74 Å². The summed E-state index contributed by atoms with van der Waals surface area (Å²) in [5.41, 5.74) is 1.06. The third-order valence-corrected chi connectivity index (χ3v) is 2.92. The van der Waals surface area contributed by atoms with Crippen LogP contribution < -0.4 is 4.74 Å². The Morgan fingerprint density at radius 2 is 2.12 bits per heavy atom. The van der Waals surface area contributed by atoms with Gasteiger partial charge in [-0.2, -0.15) is 0 Å². The number of aliphatic hydroxyl groups is 1. The SMILES string of the molecule is COc1cccc2c1C(=O)C[C@@H](OC)[C@@H]2O. The van der Waals surface area contributed by atoms with Crippen LogP contribution in [0.1, 0.15) is 28.4 Å². The van der Waals surface area contributed by atoms with Crippen molar-refractivity contribution in [2.45, 2.75) is 18.6 Å². The van der Waals surface area contributed by atoms with Gasteiger partial charge in [-0.1, -0.05) is 12.1 Å². The number of hydrogen-bond acceptors (Lipinski definition) is 4. The maximum Gasteiger partial charge on any atom is 0.169 e. The first kappa shape index (κ1) is 11.1. The van der Waals surface area contributed by atoms with Crippen molar-refractivity contribution in [1.82, 2.24) is 0 Å². The van der Waals surface area contributed by atoms with Gasteiger partial charge in [0.2, 0.25) is 0 Å². The Hall–Kier alpha value is -1.39. The lowest BCUT2D eigenvalue weighted by Crippen LogP contribution is -2.31. The molecule has 0 saturated carbocycles. The summed E-state index contributed by atoms with van der Waals surface area (Å²) in [5.74, 6) is 0.459. The van der Waals surface area contributed by atoms with E-state index in [1.54, 1.807) is 18.2 Å². The van der Waals surface area contributed by atoms with Crippen molar-refractivity contribution in [2.24, 2.45) is 0 Å². The fourth-order valence-corrected chi connectivity index (χ4v) is 2.07. The molecular weight excluding hydrogens is 208 g/mol. The highest BCUT2D eigenvalue weighted by Gasteiger charge is 2.34. The summed E-state index contributed by atoms with van der Waals surface area (Å²) < 4.78 is 10.2. The molecule has 4 nitrogen and oxygen atoms in total. The second-order valence-electron chi connectivity index (χ2n) is 3.77. The average molecular weight is 222 g/mol. The molecule has 16 heavy (non-hydrogen) atoms. The lowest BCUT2D eigenvalue weighted by molar-refractivity contribution is -0.0194. The molecule has 0 spiro atoms. The Morgan fingerprint density at radius 1 is 1.38 bits per heavy atom. The molecule has 2 atom stereocenters. The van der Waals surface area contributed by atoms with E-state index in [1.807, 2.05) is 0 Å². The van der Waals surface area contributed by atoms with Crippen molar-refractivity contribution in [1.29, 1.82) is 0 Å². The Kier molecular flexibility index (Phi) is 2.94. The van der Waals surface area contributed by atoms with E-state index in [9.17, 15) is 9.90 Å². The number of ketones is 1. The number of carbonyl (C=O) groups excluding carboxylic acids is 1. The molecule has 0 fully saturated rings. The Labute approximate surface area is 93.8 Å². The van der Waals surface area contributed by atoms with E-state index in [1.165, 1.54) is 14.2 Å². The molecule has 1 aromatic carbocycles. The highest BCUT2D eigenvalue weighted by atomic mass is 16.5. The monoisotopic (exact) mass is 222 g/mol. The number of carbonyl (C=O) groups is 1. The van der Waals surface area contributed by atoms with Gasteiger partial charge in [-0.15, -0.1) is 0 Å². The molecule has 1 aliphatic rings. The molecule has 1 aromatic rings. The lowest BCUT2D eigenvalue weighted by atomic mass is 9.86. The van der Waals surface area contributed by atoms with Crippen molar-refractivity contribution in [3.05, 3.63) is 29.3 Å². The summed E-state index contributed by atoms with van der Waals surface area (Å²) in [6, 6.07) is 5.20. The van der Waals surface area contributed by atoms with Crippen LogP contribution in [0.15, 0.2) is 18.2 Å². The summed E-state index contributed by atoms with van der Waals surface area (Å²) in [6.07, 6.45) is -1.05. The highest BCUT2D eigenvalue weighted by Crippen LogP contribution is 2.36. The van der Waals surface area contributed by atoms with E-state index < -0.39 is 12.2 Å². The minimum atomic E-state index is -0.771. The Balaban J connectivity index is 2.53. The van der Waals surface area contributed by atoms with Crippen LogP contribution in [0.2, 0.25) is 0 Å². The lowest BCUT2D eigenvalue weighted by Gasteiger charge is -2.28. The van der Waals surface area contributed by atoms with Crippen molar-refractivity contribution in [3.63, 3.8) is 0 Å². The number of benzene rings is 1. The van der Waals surface area contributed by atoms with E-state index in [4.69, 9.17) is 9.47 Å². The highest BCUT2D eigenvalue weighted by molar-refractivity contribution is 6.01. The van der Waals surface area contributed by atoms with Gasteiger partial charge >= 0.3 is 0 Å². The standard InChI is InChI=1S/C12H14O4/c1-15-9-5-3-4-7-11(9)8(13)6-10(16-2)12(7)14/h3-5,10,12,14H,6H2,1-2H3/t10-,12-/m1/s1. The van der Waals surface area contributed by atoms with Crippen LogP contribution >= 0.6 is 0 Å². The summed E-state index contributed by atoms with van der Waals surface area (Å²) in [5, 5.41) is 10.0. The van der Waals surface area contributed by atoms with Crippen molar-refractivity contribution in [2.75, 3.05) is 14.2 Å². The summed E-state index contributed by atoms with van der Waals surface area (Å²) in [4.78, 5) is 11.9. The van der Waals surface area contributed by atoms with Gasteiger partial charge in [0.25, 0.3) is 0 Å². The Morgan fingerprint density at radius 3 is 2.75 bits per heavy atom. The number of hydrogen-bond donors (Lipinski definition) is 1. The van der Waals surface area contributed by atoms with Crippen LogP contribution in [0.5, 0.6) is 5.75 Å². The van der Waals surface area contributed by atoms with Crippen LogP contribution in [-0.4, -0.2) is 31.2 Å². The van der Waals surface area contributed by atoms with Crippen molar-refractivity contribution >= 4 is 5.78 Å². The van der Waals surface area contributed by atoms with Crippen LogP contribution in [0, 0.1) is 0 Å². The number of fused-ring (bicyclic) bond motifs is 1. The van der Waals surface area contributed by atoms with Crippen molar-refractivity contribution in [3.8, 4) is 5.75 Å². The number of rotatable bonds is 2. The fraction of sp³-hybridized carbons (Fsp3) is 0.417. The van der Waals surface area contributed by atoms with Gasteiger partial charge in [-0.25, -0.2) is 0 Å². The first-order valence-corrected chi connectivity index (χ1v) is 5.10. The second-order valence-corrected chi connectivity index (χ2v) is 3.77. The van der Waals surface area contributed by atoms with Gasteiger partial charge in [0.15, 0.2) is 5.78 Å². The predicted molar refractivity (Wildman–Crippen MR) is 57.7 cm³/mol. The minimum Gasteiger partial charge on any atom is -0.496 e. The first-order chi connectivity index (χ1) is 7.69. The smallest absolute Gasteiger partial charge is 0.169 e. The van der Waals surface area contributed by atoms with E-state index in [2.05, 4.69) is 0 Å². The average Bonchev–Trinajstić information content (AvgIpc) is 2.32. The maximum absolute atomic E-state index is 11.9. The molecule has 2 rings (SSSR count). The summed E-state index contributed by atoms with van der Waals surface area (Å²) in [6.45, 7) is 0. The molecule has 0 radical (unpaired) electrons. The Bertz CT molecular complexity index is 413. The van der Waals surface area contributed by atoms with E-state index in [0.717, 1.165) is 0 Å². The van der Waals surface area contributed by atoms with Crippen LogP contribution in [0.4, 0.5) is 0 Å². The largest absolute Gasteiger partial charge is 0.496 e. The van der Waals surface area contributed by atoms with Gasteiger partial charge in [0.05, 0.1) is 18.8 Å². The minimum absolute atomic E-state index is 0.0513. The summed E-state index contributed by atoms with van der Waals surface area (Å²) in [7, 11) is 3.00. The molecule has 0 unspecified atom stereocenters. The molecular formula is C12H14O4. The second kappa shape index (κ2) is 4.23. The first-order valence-electron chi connectivity index (χ1n) is 5.10. The molecule has 4 heteroatoms. The van der Waals surface area contributed by atoms with Crippen LogP contribution in [0.25, 0.3) is 0 Å². The van der Waals surface area contributed by atoms with Gasteiger partial charge in [0.1, 0.15) is 11.9 Å². The molecule has 1 N–H and O–H groups in total. The van der Waals surface area contributed by atoms with Gasteiger partial charge in [0, 0.05) is 13.5 Å². The van der Waals surface area contributed by atoms with Crippen molar-refractivity contribution < 1.29 is 19.4 Å². The molecule has 0 aliphatic heterocycles. The van der Waals surface area contributed by atoms with E-state index in [0.29, 0.717) is 16.9 Å². The zero-order valence-electron chi connectivity index (χ0n) is 9.27. The molecule has 1 aliphatic carbocycles. The maximum atomic E-state index is 11.9. The number of ether oxygens (including phenoxy) is 2. The molecule has 86 valence electrons. The number of Topliss-reactive ketones (excluding diaryl/α,β-unsaturated/α-hetero) is 1. The third kappa shape index (κ3) is 1.60. The van der Waals surface area contributed by atoms with Crippen LogP contribution in [0.3, 0.4) is 0 Å². The predicted octanol–water partition coefficient (Wildman–Crippen LogP) is 1.33. The molecule has 0 bridgehead atoms.